The molecule has 0 unspecified atom stereocenters. The van der Waals surface area contributed by atoms with Gasteiger partial charge in [-0.2, -0.15) is 0 Å². The predicted octanol–water partition coefficient (Wildman–Crippen LogP) is 0.934. The molecule has 1 aliphatic rings. The summed E-state index contributed by atoms with van der Waals surface area (Å²) < 4.78 is 0. The van der Waals surface area contributed by atoms with E-state index in [2.05, 4.69) is 0 Å². The first kappa shape index (κ1) is 7.75. The van der Waals surface area contributed by atoms with Crippen LogP contribution in [0.15, 0.2) is 36.0 Å². The van der Waals surface area contributed by atoms with Crippen LogP contribution in [0.2, 0.25) is 0 Å². The first-order valence-electron chi connectivity index (χ1n) is 3.32. The molecule has 11 heavy (non-hydrogen) atoms. The molecule has 0 spiro atoms. The number of hydrogen-bond donors (Lipinski definition) is 2. The fourth-order valence-electron chi connectivity index (χ4n) is 0.812. The van der Waals surface area contributed by atoms with Crippen LogP contribution >= 0.6 is 0 Å². The molecular weight excluding hydrogens is 142 g/mol. The SMILES string of the molecule is O=C(NO)C1=CCC=CC=C1. The summed E-state index contributed by atoms with van der Waals surface area (Å²) in [5, 5.41) is 8.28. The van der Waals surface area contributed by atoms with Crippen LogP contribution in [0, 0.1) is 0 Å². The van der Waals surface area contributed by atoms with Crippen molar-refractivity contribution in [3.05, 3.63) is 36.0 Å². The van der Waals surface area contributed by atoms with Crippen molar-refractivity contribution in [1.29, 1.82) is 0 Å². The molecule has 0 fully saturated rings. The summed E-state index contributed by atoms with van der Waals surface area (Å²) in [6.07, 6.45) is 9.65. The van der Waals surface area contributed by atoms with Crippen molar-refractivity contribution in [3.8, 4) is 0 Å². The third kappa shape index (κ3) is 2.05. The van der Waals surface area contributed by atoms with Crippen molar-refractivity contribution in [1.82, 2.24) is 5.48 Å². The van der Waals surface area contributed by atoms with Gasteiger partial charge in [0.2, 0.25) is 0 Å². The summed E-state index contributed by atoms with van der Waals surface area (Å²) in [4.78, 5) is 10.8. The van der Waals surface area contributed by atoms with E-state index in [1.807, 2.05) is 12.2 Å². The highest BCUT2D eigenvalue weighted by molar-refractivity contribution is 5.95. The molecule has 1 rings (SSSR count). The second-order valence-corrected chi connectivity index (χ2v) is 2.12. The van der Waals surface area contributed by atoms with Gasteiger partial charge in [0.1, 0.15) is 0 Å². The number of rotatable bonds is 1. The van der Waals surface area contributed by atoms with Gasteiger partial charge in [-0.05, 0) is 12.5 Å². The molecule has 0 aromatic rings. The zero-order chi connectivity index (χ0) is 8.10. The molecule has 1 amide bonds. The second-order valence-electron chi connectivity index (χ2n) is 2.12. The first-order chi connectivity index (χ1) is 5.34. The normalized spacial score (nSPS) is 15.5. The van der Waals surface area contributed by atoms with Crippen LogP contribution in [0.4, 0.5) is 0 Å². The lowest BCUT2D eigenvalue weighted by molar-refractivity contribution is -0.124. The van der Waals surface area contributed by atoms with Gasteiger partial charge in [0.05, 0.1) is 0 Å². The lowest BCUT2D eigenvalue weighted by Crippen LogP contribution is -2.19. The Hall–Kier alpha value is -1.35. The Kier molecular flexibility index (Phi) is 2.63. The van der Waals surface area contributed by atoms with Crippen LogP contribution < -0.4 is 5.48 Å². The highest BCUT2D eigenvalue weighted by Crippen LogP contribution is 2.04. The molecule has 58 valence electrons. The molecule has 0 aromatic carbocycles. The maximum Gasteiger partial charge on any atom is 0.274 e. The minimum atomic E-state index is -0.468. The number of allylic oxidation sites excluding steroid dienone is 4. The van der Waals surface area contributed by atoms with E-state index in [-0.39, 0.29) is 0 Å². The summed E-state index contributed by atoms with van der Waals surface area (Å²) in [6, 6.07) is 0. The van der Waals surface area contributed by atoms with Gasteiger partial charge in [-0.15, -0.1) is 0 Å². The molecule has 0 saturated carbocycles. The third-order valence-corrected chi connectivity index (χ3v) is 1.36. The van der Waals surface area contributed by atoms with Gasteiger partial charge in [0.25, 0.3) is 5.91 Å². The summed E-state index contributed by atoms with van der Waals surface area (Å²) >= 11 is 0. The van der Waals surface area contributed by atoms with Crippen LogP contribution in [-0.4, -0.2) is 11.1 Å². The number of nitrogens with one attached hydrogen (secondary N) is 1. The Labute approximate surface area is 64.7 Å². The van der Waals surface area contributed by atoms with Gasteiger partial charge in [0.15, 0.2) is 0 Å². The van der Waals surface area contributed by atoms with Crippen molar-refractivity contribution in [2.45, 2.75) is 6.42 Å². The van der Waals surface area contributed by atoms with E-state index < -0.39 is 5.91 Å². The predicted molar refractivity (Wildman–Crippen MR) is 40.9 cm³/mol. The standard InChI is InChI=1S/C8H9NO2/c10-8(9-11)7-5-3-1-2-4-6-7/h1-3,5-6,11H,4H2,(H,9,10). The Balaban J connectivity index is 2.72. The van der Waals surface area contributed by atoms with Gasteiger partial charge < -0.3 is 0 Å². The van der Waals surface area contributed by atoms with Crippen molar-refractivity contribution >= 4 is 5.91 Å². The van der Waals surface area contributed by atoms with Crippen LogP contribution in [0.5, 0.6) is 0 Å². The minimum absolute atomic E-state index is 0.468. The molecule has 0 aliphatic heterocycles. The van der Waals surface area contributed by atoms with Gasteiger partial charge in [-0.3, -0.25) is 10.0 Å². The number of carbonyl (C=O) groups is 1. The topological polar surface area (TPSA) is 49.3 Å². The van der Waals surface area contributed by atoms with E-state index in [4.69, 9.17) is 5.21 Å². The Morgan fingerprint density at radius 3 is 3.09 bits per heavy atom. The van der Waals surface area contributed by atoms with E-state index in [0.717, 1.165) is 6.42 Å². The Bertz CT molecular complexity index is 238. The minimum Gasteiger partial charge on any atom is -0.288 e. The van der Waals surface area contributed by atoms with Crippen LogP contribution in [-0.2, 0) is 4.79 Å². The maximum absolute atomic E-state index is 10.8. The summed E-state index contributed by atoms with van der Waals surface area (Å²) in [5.74, 6) is -0.468. The molecule has 3 heteroatoms. The fourth-order valence-corrected chi connectivity index (χ4v) is 0.812. The molecular formula is C8H9NO2. The molecule has 0 heterocycles. The Morgan fingerprint density at radius 2 is 2.36 bits per heavy atom. The number of hydrogen-bond acceptors (Lipinski definition) is 2. The molecule has 2 N–H and O–H groups in total. The van der Waals surface area contributed by atoms with Crippen LogP contribution in [0.3, 0.4) is 0 Å². The average molecular weight is 151 g/mol. The number of amides is 1. The summed E-state index contributed by atoms with van der Waals surface area (Å²) in [7, 11) is 0. The zero-order valence-corrected chi connectivity index (χ0v) is 5.95. The molecule has 1 aliphatic carbocycles. The second kappa shape index (κ2) is 3.73. The average Bonchev–Trinajstić information content (AvgIpc) is 2.30. The molecule has 0 radical (unpaired) electrons. The van der Waals surface area contributed by atoms with Gasteiger partial charge >= 0.3 is 0 Å². The molecule has 3 nitrogen and oxygen atoms in total. The van der Waals surface area contributed by atoms with Gasteiger partial charge in [-0.1, -0.05) is 24.3 Å². The number of hydroxylamine groups is 1. The quantitative estimate of drug-likeness (QED) is 0.432. The smallest absolute Gasteiger partial charge is 0.274 e. The summed E-state index contributed by atoms with van der Waals surface area (Å²) in [5.41, 5.74) is 2.06. The lowest BCUT2D eigenvalue weighted by atomic mass is 10.2. The van der Waals surface area contributed by atoms with Gasteiger partial charge in [-0.25, -0.2) is 5.48 Å². The van der Waals surface area contributed by atoms with Crippen molar-refractivity contribution in [2.24, 2.45) is 0 Å². The van der Waals surface area contributed by atoms with E-state index in [1.54, 1.807) is 23.7 Å². The van der Waals surface area contributed by atoms with E-state index in [1.165, 1.54) is 0 Å². The summed E-state index contributed by atoms with van der Waals surface area (Å²) in [6.45, 7) is 0. The highest BCUT2D eigenvalue weighted by atomic mass is 16.5. The van der Waals surface area contributed by atoms with Crippen LogP contribution in [0.1, 0.15) is 6.42 Å². The molecule has 0 atom stereocenters. The van der Waals surface area contributed by atoms with E-state index in [0.29, 0.717) is 5.57 Å². The monoisotopic (exact) mass is 151 g/mol. The lowest BCUT2D eigenvalue weighted by Gasteiger charge is -1.96. The third-order valence-electron chi connectivity index (χ3n) is 1.36. The van der Waals surface area contributed by atoms with E-state index in [9.17, 15) is 4.79 Å². The van der Waals surface area contributed by atoms with Crippen LogP contribution in [0.25, 0.3) is 0 Å². The zero-order valence-electron chi connectivity index (χ0n) is 5.95. The molecule has 0 bridgehead atoms. The number of carbonyl (C=O) groups excluding carboxylic acids is 1. The van der Waals surface area contributed by atoms with E-state index >= 15 is 0 Å². The largest absolute Gasteiger partial charge is 0.288 e. The Morgan fingerprint density at radius 1 is 1.55 bits per heavy atom. The maximum atomic E-state index is 10.8. The van der Waals surface area contributed by atoms with Crippen molar-refractivity contribution < 1.29 is 10.0 Å². The van der Waals surface area contributed by atoms with Gasteiger partial charge in [0, 0.05) is 5.57 Å². The molecule has 0 saturated heterocycles. The van der Waals surface area contributed by atoms with Crippen molar-refractivity contribution in [3.63, 3.8) is 0 Å². The van der Waals surface area contributed by atoms with Crippen molar-refractivity contribution in [2.75, 3.05) is 0 Å². The fraction of sp³-hybridized carbons (Fsp3) is 0.125. The first-order valence-corrected chi connectivity index (χ1v) is 3.32. The highest BCUT2D eigenvalue weighted by Gasteiger charge is 2.03. The molecule has 0 aromatic heterocycles.